The second-order valence-electron chi connectivity index (χ2n) is 11.0. The molecule has 43 heavy (non-hydrogen) atoms. The van der Waals surface area contributed by atoms with Crippen LogP contribution in [-0.2, 0) is 16.2 Å². The van der Waals surface area contributed by atoms with E-state index in [1.807, 2.05) is 99.9 Å². The highest BCUT2D eigenvalue weighted by Gasteiger charge is 2.44. The molecule has 5 rings (SSSR count). The van der Waals surface area contributed by atoms with Crippen LogP contribution < -0.4 is 19.5 Å². The maximum Gasteiger partial charge on any atom is 0.295 e. The molecule has 7 heteroatoms. The van der Waals surface area contributed by atoms with Gasteiger partial charge in [-0.15, -0.1) is 0 Å². The van der Waals surface area contributed by atoms with Gasteiger partial charge in [0.25, 0.3) is 5.91 Å². The number of rotatable bonds is 11. The van der Waals surface area contributed by atoms with Crippen molar-refractivity contribution in [2.45, 2.75) is 26.0 Å². The number of likely N-dealkylation sites (tertiary alicyclic amines) is 1. The predicted octanol–water partition coefficient (Wildman–Crippen LogP) is 4.12. The number of amides is 1. The number of Topliss-reactive ketones (excluding diaryl/α,β-unsaturated/α-hetero) is 1. The summed E-state index contributed by atoms with van der Waals surface area (Å²) in [6.07, 6.45) is 0.687. The van der Waals surface area contributed by atoms with E-state index in [4.69, 9.17) is 9.47 Å². The Morgan fingerprint density at radius 1 is 0.860 bits per heavy atom. The molecule has 1 amide bonds. The van der Waals surface area contributed by atoms with Crippen molar-refractivity contribution in [3.05, 3.63) is 131 Å². The number of hydrogen-bond donors (Lipinski definition) is 1. The van der Waals surface area contributed by atoms with Crippen LogP contribution in [0.2, 0.25) is 0 Å². The molecule has 0 bridgehead atoms. The number of ether oxygens (including phenoxy) is 2. The summed E-state index contributed by atoms with van der Waals surface area (Å²) in [5, 5.41) is 14.0. The van der Waals surface area contributed by atoms with Crippen molar-refractivity contribution in [3.8, 4) is 17.2 Å². The number of carbonyl (C=O) groups is 2. The lowest BCUT2D eigenvalue weighted by molar-refractivity contribution is -0.858. The molecule has 1 aliphatic heterocycles. The Hall–Kier alpha value is -4.88. The van der Waals surface area contributed by atoms with Crippen LogP contribution in [0, 0.1) is 6.92 Å². The Kier molecular flexibility index (Phi) is 9.23. The zero-order chi connectivity index (χ0) is 30.3. The molecular weight excluding hydrogens is 540 g/mol. The quantitative estimate of drug-likeness (QED) is 0.165. The second kappa shape index (κ2) is 13.4. The molecule has 1 unspecified atom stereocenters. The van der Waals surface area contributed by atoms with E-state index in [-0.39, 0.29) is 5.57 Å². The Morgan fingerprint density at radius 3 is 2.26 bits per heavy atom. The minimum absolute atomic E-state index is 0.0450. The van der Waals surface area contributed by atoms with Crippen LogP contribution in [0.15, 0.2) is 109 Å². The molecular formula is C36H36N2O5. The van der Waals surface area contributed by atoms with Crippen molar-refractivity contribution >= 4 is 17.4 Å². The topological polar surface area (TPSA) is 83.3 Å². The number of nitrogens with one attached hydrogen (secondary N) is 1. The van der Waals surface area contributed by atoms with Crippen LogP contribution in [-0.4, -0.2) is 43.8 Å². The summed E-state index contributed by atoms with van der Waals surface area (Å²) in [6, 6.07) is 30.7. The van der Waals surface area contributed by atoms with Crippen molar-refractivity contribution in [3.63, 3.8) is 0 Å². The highest BCUT2D eigenvalue weighted by atomic mass is 16.5. The first-order chi connectivity index (χ1) is 20.8. The van der Waals surface area contributed by atoms with Crippen LogP contribution in [0.4, 0.5) is 0 Å². The van der Waals surface area contributed by atoms with Crippen molar-refractivity contribution in [1.29, 1.82) is 0 Å². The average molecular weight is 577 g/mol. The number of para-hydroxylation sites is 1. The molecule has 1 heterocycles. The molecule has 0 spiro atoms. The van der Waals surface area contributed by atoms with Gasteiger partial charge in [0.15, 0.2) is 0 Å². The van der Waals surface area contributed by atoms with Crippen molar-refractivity contribution in [1.82, 2.24) is 4.90 Å². The van der Waals surface area contributed by atoms with E-state index in [0.29, 0.717) is 47.9 Å². The van der Waals surface area contributed by atoms with E-state index in [9.17, 15) is 14.7 Å². The normalized spacial score (nSPS) is 16.1. The third-order valence-corrected chi connectivity index (χ3v) is 7.43. The highest BCUT2D eigenvalue weighted by molar-refractivity contribution is 6.46. The zero-order valence-corrected chi connectivity index (χ0v) is 24.7. The summed E-state index contributed by atoms with van der Waals surface area (Å²) in [6.45, 7) is 3.43. The van der Waals surface area contributed by atoms with Gasteiger partial charge in [0.05, 0.1) is 26.7 Å². The van der Waals surface area contributed by atoms with Crippen LogP contribution in [0.25, 0.3) is 5.76 Å². The number of nitrogens with zero attached hydrogens (tertiary/aromatic N) is 1. The van der Waals surface area contributed by atoms with E-state index < -0.39 is 23.5 Å². The van der Waals surface area contributed by atoms with Crippen molar-refractivity contribution in [2.75, 3.05) is 27.2 Å². The summed E-state index contributed by atoms with van der Waals surface area (Å²) in [7, 11) is 4.07. The molecule has 1 fully saturated rings. The van der Waals surface area contributed by atoms with Gasteiger partial charge in [-0.3, -0.25) is 9.59 Å². The summed E-state index contributed by atoms with van der Waals surface area (Å²) in [5.41, 5.74) is 2.73. The number of aryl methyl sites for hydroxylation is 1. The van der Waals surface area contributed by atoms with Gasteiger partial charge in [-0.1, -0.05) is 72.5 Å². The first kappa shape index (κ1) is 29.6. The summed E-state index contributed by atoms with van der Waals surface area (Å²) in [5.74, 6) is -0.0182. The lowest BCUT2D eigenvalue weighted by Gasteiger charge is -2.28. The molecule has 1 saturated heterocycles. The van der Waals surface area contributed by atoms with Crippen molar-refractivity contribution in [2.24, 2.45) is 0 Å². The number of carbonyl (C=O) groups excluding carboxylic acids is 2. The molecule has 4 aromatic carbocycles. The number of ketones is 1. The van der Waals surface area contributed by atoms with Gasteiger partial charge in [0, 0.05) is 18.5 Å². The van der Waals surface area contributed by atoms with E-state index >= 15 is 0 Å². The highest BCUT2D eigenvalue weighted by Crippen LogP contribution is 2.40. The molecule has 7 nitrogen and oxygen atoms in total. The Balaban J connectivity index is 1.49. The fraction of sp³-hybridized carbons (Fsp3) is 0.222. The summed E-state index contributed by atoms with van der Waals surface area (Å²) >= 11 is 0. The monoisotopic (exact) mass is 576 g/mol. The van der Waals surface area contributed by atoms with E-state index in [1.54, 1.807) is 24.3 Å². The minimum atomic E-state index is -0.821. The fourth-order valence-electron chi connectivity index (χ4n) is 5.27. The van der Waals surface area contributed by atoms with E-state index in [1.165, 1.54) is 9.80 Å². The van der Waals surface area contributed by atoms with Crippen molar-refractivity contribution < 1.29 is 29.1 Å². The molecule has 1 atom stereocenters. The van der Waals surface area contributed by atoms with Crippen LogP contribution in [0.1, 0.15) is 34.7 Å². The Morgan fingerprint density at radius 2 is 1.56 bits per heavy atom. The third kappa shape index (κ3) is 6.96. The van der Waals surface area contributed by atoms with Crippen LogP contribution in [0.3, 0.4) is 0 Å². The fourth-order valence-corrected chi connectivity index (χ4v) is 5.27. The number of hydrogen-bond acceptors (Lipinski definition) is 5. The van der Waals surface area contributed by atoms with E-state index in [0.717, 1.165) is 17.7 Å². The van der Waals surface area contributed by atoms with Gasteiger partial charge >= 0.3 is 0 Å². The minimum Gasteiger partial charge on any atom is -0.872 e. The molecule has 0 radical (unpaired) electrons. The maximum absolute atomic E-state index is 14.0. The largest absolute Gasteiger partial charge is 0.872 e. The summed E-state index contributed by atoms with van der Waals surface area (Å²) < 4.78 is 12.0. The Labute approximate surface area is 252 Å². The smallest absolute Gasteiger partial charge is 0.295 e. The molecule has 0 saturated carbocycles. The molecule has 220 valence electrons. The first-order valence-corrected chi connectivity index (χ1v) is 14.5. The molecule has 0 aliphatic carbocycles. The van der Waals surface area contributed by atoms with Gasteiger partial charge < -0.3 is 24.4 Å². The van der Waals surface area contributed by atoms with Crippen LogP contribution >= 0.6 is 0 Å². The SMILES string of the molecule is Cc1cc(/C([O-])=C2\C(=O)C(=O)N(CCC[NH+](C)C)C2c2cccc(Oc3ccccc3)c2)ccc1OCc1ccccc1. The molecule has 4 aromatic rings. The number of benzene rings is 4. The average Bonchev–Trinajstić information content (AvgIpc) is 3.26. The van der Waals surface area contributed by atoms with Crippen LogP contribution in [0.5, 0.6) is 17.2 Å². The predicted molar refractivity (Wildman–Crippen MR) is 164 cm³/mol. The second-order valence-corrected chi connectivity index (χ2v) is 11.0. The van der Waals surface area contributed by atoms with Gasteiger partial charge in [0.2, 0.25) is 5.78 Å². The standard InChI is InChI=1S/C36H36N2O5/c1-25-22-28(18-19-31(25)42-24-26-12-6-4-7-13-26)34(39)32-33(38(36(41)35(32)40)21-11-20-37(2)3)27-14-10-17-30(23-27)43-29-15-8-5-9-16-29/h4-10,12-19,22-23,33,39H,11,20-21,24H2,1-3H3/b34-32+. The molecule has 1 N–H and O–H groups in total. The summed E-state index contributed by atoms with van der Waals surface area (Å²) in [4.78, 5) is 29.6. The lowest BCUT2D eigenvalue weighted by Crippen LogP contribution is -3.05. The zero-order valence-electron chi connectivity index (χ0n) is 24.7. The lowest BCUT2D eigenvalue weighted by atomic mass is 9.94. The van der Waals surface area contributed by atoms with Gasteiger partial charge in [-0.05, 0) is 65.6 Å². The number of quaternary nitrogens is 1. The third-order valence-electron chi connectivity index (χ3n) is 7.43. The van der Waals surface area contributed by atoms with Gasteiger partial charge in [-0.2, -0.15) is 0 Å². The van der Waals surface area contributed by atoms with E-state index in [2.05, 4.69) is 0 Å². The Bertz CT molecular complexity index is 1620. The van der Waals surface area contributed by atoms with Gasteiger partial charge in [-0.25, -0.2) is 0 Å². The molecule has 0 aromatic heterocycles. The molecule has 1 aliphatic rings. The maximum atomic E-state index is 14.0. The van der Waals surface area contributed by atoms with Gasteiger partial charge in [0.1, 0.15) is 23.9 Å². The first-order valence-electron chi connectivity index (χ1n) is 14.5.